The van der Waals surface area contributed by atoms with Crippen LogP contribution in [0.4, 0.5) is 17.1 Å². The normalized spacial score (nSPS) is 9.74. The van der Waals surface area contributed by atoms with Crippen LogP contribution in [0, 0.1) is 10.1 Å². The van der Waals surface area contributed by atoms with Gasteiger partial charge in [-0.3, -0.25) is 19.7 Å². The predicted molar refractivity (Wildman–Crippen MR) is 67.4 cm³/mol. The van der Waals surface area contributed by atoms with Crippen LogP contribution in [-0.2, 0) is 14.3 Å². The number of methoxy groups -OCH3 is 1. The summed E-state index contributed by atoms with van der Waals surface area (Å²) in [6, 6.07) is 3.72. The van der Waals surface area contributed by atoms with E-state index < -0.39 is 16.8 Å². The lowest BCUT2D eigenvalue weighted by atomic mass is 10.2. The molecular formula is C11H13N3O5. The van der Waals surface area contributed by atoms with Crippen LogP contribution in [0.15, 0.2) is 18.2 Å². The van der Waals surface area contributed by atoms with Crippen molar-refractivity contribution in [1.29, 1.82) is 0 Å². The second-order valence-corrected chi connectivity index (χ2v) is 3.65. The van der Waals surface area contributed by atoms with Gasteiger partial charge in [0.2, 0.25) is 5.91 Å². The number of rotatable bonds is 5. The van der Waals surface area contributed by atoms with E-state index in [-0.39, 0.29) is 29.9 Å². The second kappa shape index (κ2) is 6.34. The molecule has 0 aliphatic heterocycles. The second-order valence-electron chi connectivity index (χ2n) is 3.65. The molecule has 1 amide bonds. The van der Waals surface area contributed by atoms with Gasteiger partial charge in [-0.05, 0) is 6.07 Å². The van der Waals surface area contributed by atoms with E-state index in [1.165, 1.54) is 19.2 Å². The van der Waals surface area contributed by atoms with E-state index in [0.29, 0.717) is 0 Å². The first-order valence-electron chi connectivity index (χ1n) is 5.34. The lowest BCUT2D eigenvalue weighted by Crippen LogP contribution is -2.15. The number of nitrogens with zero attached hydrogens (tertiary/aromatic N) is 1. The fourth-order valence-electron chi connectivity index (χ4n) is 1.30. The van der Waals surface area contributed by atoms with Gasteiger partial charge >= 0.3 is 5.97 Å². The topological polar surface area (TPSA) is 125 Å². The Morgan fingerprint density at radius 1 is 1.42 bits per heavy atom. The Labute approximate surface area is 108 Å². The molecule has 0 radical (unpaired) electrons. The number of nitrogen functional groups attached to an aromatic ring is 1. The molecule has 0 aliphatic carbocycles. The molecule has 0 fully saturated rings. The highest BCUT2D eigenvalue weighted by Crippen LogP contribution is 2.24. The molecule has 0 aliphatic rings. The summed E-state index contributed by atoms with van der Waals surface area (Å²) < 4.78 is 4.39. The number of ether oxygens (including phenoxy) is 1. The Hall–Kier alpha value is -2.64. The molecule has 1 rings (SSSR count). The predicted octanol–water partition coefficient (Wildman–Crippen LogP) is 1.07. The number of carbonyl (C=O) groups is 2. The minimum Gasteiger partial charge on any atom is -0.469 e. The van der Waals surface area contributed by atoms with Crippen molar-refractivity contribution in [1.82, 2.24) is 0 Å². The number of benzene rings is 1. The molecule has 102 valence electrons. The molecule has 1 aromatic carbocycles. The zero-order valence-electron chi connectivity index (χ0n) is 10.2. The van der Waals surface area contributed by atoms with Crippen LogP contribution in [0.25, 0.3) is 0 Å². The third kappa shape index (κ3) is 4.26. The van der Waals surface area contributed by atoms with Gasteiger partial charge in [0.05, 0.1) is 29.8 Å². The molecule has 8 heteroatoms. The lowest BCUT2D eigenvalue weighted by Gasteiger charge is -2.07. The molecule has 3 N–H and O–H groups in total. The van der Waals surface area contributed by atoms with Gasteiger partial charge in [0.15, 0.2) is 0 Å². The lowest BCUT2D eigenvalue weighted by molar-refractivity contribution is -0.384. The number of nitrogens with one attached hydrogen (secondary N) is 1. The first kappa shape index (κ1) is 14.4. The van der Waals surface area contributed by atoms with Crippen molar-refractivity contribution >= 4 is 28.9 Å². The molecule has 0 spiro atoms. The maximum absolute atomic E-state index is 11.5. The van der Waals surface area contributed by atoms with Gasteiger partial charge in [0.25, 0.3) is 5.69 Å². The summed E-state index contributed by atoms with van der Waals surface area (Å²) in [6.07, 6.45) is -0.161. The summed E-state index contributed by atoms with van der Waals surface area (Å²) in [5.41, 5.74) is 5.76. The van der Waals surface area contributed by atoms with Gasteiger partial charge in [0.1, 0.15) is 0 Å². The molecule has 0 unspecified atom stereocenters. The van der Waals surface area contributed by atoms with E-state index in [0.717, 1.165) is 6.07 Å². The number of esters is 1. The van der Waals surface area contributed by atoms with Crippen LogP contribution in [0.5, 0.6) is 0 Å². The van der Waals surface area contributed by atoms with Crippen LogP contribution >= 0.6 is 0 Å². The van der Waals surface area contributed by atoms with Crippen LogP contribution in [0.1, 0.15) is 12.8 Å². The maximum Gasteiger partial charge on any atom is 0.306 e. The van der Waals surface area contributed by atoms with E-state index in [4.69, 9.17) is 5.73 Å². The minimum atomic E-state index is -0.594. The third-order valence-electron chi connectivity index (χ3n) is 2.31. The molecule has 0 saturated carbocycles. The number of hydrogen-bond donors (Lipinski definition) is 2. The highest BCUT2D eigenvalue weighted by atomic mass is 16.6. The molecule has 0 bridgehead atoms. The SMILES string of the molecule is COC(=O)CCC(=O)Nc1cc([N+](=O)[O-])ccc1N. The number of nitro groups is 1. The van der Waals surface area contributed by atoms with Crippen molar-refractivity contribution in [2.45, 2.75) is 12.8 Å². The van der Waals surface area contributed by atoms with E-state index >= 15 is 0 Å². The molecule has 1 aromatic rings. The van der Waals surface area contributed by atoms with E-state index in [1.807, 2.05) is 0 Å². The average molecular weight is 267 g/mol. The number of nitro benzene ring substituents is 1. The quantitative estimate of drug-likeness (QED) is 0.356. The summed E-state index contributed by atoms with van der Waals surface area (Å²) in [5.74, 6) is -0.986. The Morgan fingerprint density at radius 2 is 2.11 bits per heavy atom. The fourth-order valence-corrected chi connectivity index (χ4v) is 1.30. The standard InChI is InChI=1S/C11H13N3O5/c1-19-11(16)5-4-10(15)13-9-6-7(14(17)18)2-3-8(9)12/h2-3,6H,4-5,12H2,1H3,(H,13,15). The average Bonchev–Trinajstić information content (AvgIpc) is 2.38. The highest BCUT2D eigenvalue weighted by molar-refractivity contribution is 5.95. The summed E-state index contributed by atoms with van der Waals surface area (Å²) in [6.45, 7) is 0. The molecule has 19 heavy (non-hydrogen) atoms. The fraction of sp³-hybridized carbons (Fsp3) is 0.273. The molecule has 0 aromatic heterocycles. The van der Waals surface area contributed by atoms with Gasteiger partial charge < -0.3 is 15.8 Å². The number of anilines is 2. The van der Waals surface area contributed by atoms with Crippen molar-refractivity contribution in [3.05, 3.63) is 28.3 Å². The van der Waals surface area contributed by atoms with Gasteiger partial charge in [-0.1, -0.05) is 0 Å². The first-order valence-corrected chi connectivity index (χ1v) is 5.34. The van der Waals surface area contributed by atoms with Crippen LogP contribution in [0.2, 0.25) is 0 Å². The van der Waals surface area contributed by atoms with Crippen LogP contribution < -0.4 is 11.1 Å². The number of carbonyl (C=O) groups excluding carboxylic acids is 2. The van der Waals surface area contributed by atoms with E-state index in [9.17, 15) is 19.7 Å². The Bertz CT molecular complexity index is 515. The van der Waals surface area contributed by atoms with Crippen LogP contribution in [-0.4, -0.2) is 23.9 Å². The summed E-state index contributed by atoms with van der Waals surface area (Å²) in [4.78, 5) is 32.4. The van der Waals surface area contributed by atoms with Crippen molar-refractivity contribution in [3.63, 3.8) is 0 Å². The largest absolute Gasteiger partial charge is 0.469 e. The van der Waals surface area contributed by atoms with Crippen molar-refractivity contribution in [2.24, 2.45) is 0 Å². The molecule has 0 atom stereocenters. The van der Waals surface area contributed by atoms with Gasteiger partial charge in [-0.2, -0.15) is 0 Å². The highest BCUT2D eigenvalue weighted by Gasteiger charge is 2.12. The van der Waals surface area contributed by atoms with Crippen molar-refractivity contribution < 1.29 is 19.2 Å². The summed E-state index contributed by atoms with van der Waals surface area (Å²) >= 11 is 0. The number of amides is 1. The smallest absolute Gasteiger partial charge is 0.306 e. The monoisotopic (exact) mass is 267 g/mol. The zero-order valence-corrected chi connectivity index (χ0v) is 10.2. The molecule has 0 heterocycles. The van der Waals surface area contributed by atoms with Gasteiger partial charge in [-0.25, -0.2) is 0 Å². The minimum absolute atomic E-state index is 0.0723. The zero-order chi connectivity index (χ0) is 14.4. The molecule has 0 saturated heterocycles. The maximum atomic E-state index is 11.5. The van der Waals surface area contributed by atoms with E-state index in [1.54, 1.807) is 0 Å². The summed E-state index contributed by atoms with van der Waals surface area (Å²) in [5, 5.41) is 13.0. The molecular weight excluding hydrogens is 254 g/mol. The number of non-ortho nitro benzene ring substituents is 1. The van der Waals surface area contributed by atoms with Gasteiger partial charge in [-0.15, -0.1) is 0 Å². The van der Waals surface area contributed by atoms with Crippen molar-refractivity contribution in [3.8, 4) is 0 Å². The number of hydrogen-bond acceptors (Lipinski definition) is 6. The van der Waals surface area contributed by atoms with Gasteiger partial charge in [0, 0.05) is 18.6 Å². The number of nitrogens with two attached hydrogens (primary N) is 1. The Kier molecular flexibility index (Phi) is 4.81. The summed E-state index contributed by atoms with van der Waals surface area (Å²) in [7, 11) is 1.22. The Balaban J connectivity index is 2.70. The molecule has 8 nitrogen and oxygen atoms in total. The third-order valence-corrected chi connectivity index (χ3v) is 2.31. The van der Waals surface area contributed by atoms with Crippen LogP contribution in [0.3, 0.4) is 0 Å². The van der Waals surface area contributed by atoms with E-state index in [2.05, 4.69) is 10.1 Å². The first-order chi connectivity index (χ1) is 8.93. The van der Waals surface area contributed by atoms with Crippen molar-refractivity contribution in [2.75, 3.05) is 18.2 Å². The Morgan fingerprint density at radius 3 is 2.68 bits per heavy atom.